The van der Waals surface area contributed by atoms with E-state index in [1.807, 2.05) is 0 Å². The Hall–Kier alpha value is -1.72. The highest BCUT2D eigenvalue weighted by atomic mass is 16.5. The first-order chi connectivity index (χ1) is 8.91. The number of carbonyl (C=O) groups is 4. The average molecular weight is 272 g/mol. The lowest BCUT2D eigenvalue weighted by atomic mass is 9.81. The molecule has 1 unspecified atom stereocenters. The van der Waals surface area contributed by atoms with Gasteiger partial charge in [0.05, 0.1) is 19.6 Å². The van der Waals surface area contributed by atoms with Crippen LogP contribution in [-0.4, -0.2) is 37.2 Å². The first kappa shape index (κ1) is 17.3. The van der Waals surface area contributed by atoms with Gasteiger partial charge in [0.2, 0.25) is 0 Å². The van der Waals surface area contributed by atoms with Gasteiger partial charge in [0.25, 0.3) is 0 Å². The minimum absolute atomic E-state index is 0.0248. The zero-order chi connectivity index (χ0) is 14.9. The maximum Gasteiger partial charge on any atom is 0.319 e. The zero-order valence-electron chi connectivity index (χ0n) is 11.6. The SMILES string of the molecule is CCOC(=O)CC(C=O)(CCC(C)=O)C(=O)OCC. The molecule has 108 valence electrons. The largest absolute Gasteiger partial charge is 0.466 e. The normalized spacial score (nSPS) is 13.2. The maximum atomic E-state index is 11.9. The number of hydrogen-bond donors (Lipinski definition) is 0. The van der Waals surface area contributed by atoms with E-state index in [1.165, 1.54) is 6.92 Å². The van der Waals surface area contributed by atoms with Crippen molar-refractivity contribution in [1.82, 2.24) is 0 Å². The Morgan fingerprint density at radius 1 is 1.11 bits per heavy atom. The van der Waals surface area contributed by atoms with Crippen molar-refractivity contribution >= 4 is 24.0 Å². The van der Waals surface area contributed by atoms with Crippen molar-refractivity contribution < 1.29 is 28.7 Å². The minimum Gasteiger partial charge on any atom is -0.466 e. The molecule has 0 radical (unpaired) electrons. The van der Waals surface area contributed by atoms with Crippen LogP contribution in [0.5, 0.6) is 0 Å². The summed E-state index contributed by atoms with van der Waals surface area (Å²) in [5.74, 6) is -1.62. The Kier molecular flexibility index (Phi) is 7.63. The lowest BCUT2D eigenvalue weighted by molar-refractivity contribution is -0.164. The van der Waals surface area contributed by atoms with Gasteiger partial charge in [-0.25, -0.2) is 0 Å². The molecule has 0 N–H and O–H groups in total. The van der Waals surface area contributed by atoms with Gasteiger partial charge in [-0.05, 0) is 27.2 Å². The quantitative estimate of drug-likeness (QED) is 0.354. The first-order valence-electron chi connectivity index (χ1n) is 6.20. The van der Waals surface area contributed by atoms with Crippen molar-refractivity contribution in [2.45, 2.75) is 40.0 Å². The molecular weight excluding hydrogens is 252 g/mol. The smallest absolute Gasteiger partial charge is 0.319 e. The molecule has 6 nitrogen and oxygen atoms in total. The van der Waals surface area contributed by atoms with E-state index in [4.69, 9.17) is 9.47 Å². The highest BCUT2D eigenvalue weighted by Crippen LogP contribution is 2.28. The highest BCUT2D eigenvalue weighted by Gasteiger charge is 2.42. The van der Waals surface area contributed by atoms with Gasteiger partial charge in [0, 0.05) is 6.42 Å². The van der Waals surface area contributed by atoms with E-state index >= 15 is 0 Å². The van der Waals surface area contributed by atoms with Gasteiger partial charge in [-0.3, -0.25) is 9.59 Å². The zero-order valence-corrected chi connectivity index (χ0v) is 11.6. The highest BCUT2D eigenvalue weighted by molar-refractivity contribution is 5.97. The molecule has 0 aliphatic carbocycles. The fraction of sp³-hybridized carbons (Fsp3) is 0.692. The molecule has 0 bridgehead atoms. The van der Waals surface area contributed by atoms with Crippen molar-refractivity contribution in [3.05, 3.63) is 0 Å². The number of rotatable bonds is 9. The molecule has 0 aromatic carbocycles. The Balaban J connectivity index is 5.04. The van der Waals surface area contributed by atoms with E-state index in [0.717, 1.165) is 0 Å². The fourth-order valence-electron chi connectivity index (χ4n) is 1.55. The number of ketones is 1. The second kappa shape index (κ2) is 8.39. The molecular formula is C13H20O6. The van der Waals surface area contributed by atoms with Crippen LogP contribution in [0.2, 0.25) is 0 Å². The summed E-state index contributed by atoms with van der Waals surface area (Å²) in [4.78, 5) is 45.7. The molecule has 0 aromatic heterocycles. The van der Waals surface area contributed by atoms with Gasteiger partial charge in [-0.2, -0.15) is 0 Å². The number of ether oxygens (including phenoxy) is 2. The average Bonchev–Trinajstić information content (AvgIpc) is 2.35. The molecule has 6 heteroatoms. The van der Waals surface area contributed by atoms with E-state index in [-0.39, 0.29) is 31.8 Å². The van der Waals surface area contributed by atoms with Crippen LogP contribution >= 0.6 is 0 Å². The molecule has 0 aliphatic rings. The third-order valence-electron chi connectivity index (χ3n) is 2.60. The standard InChI is InChI=1S/C13H20O6/c1-4-18-11(16)8-13(9-14,7-6-10(3)15)12(17)19-5-2/h9H,4-8H2,1-3H3. The van der Waals surface area contributed by atoms with Crippen LogP contribution in [0.3, 0.4) is 0 Å². The summed E-state index contributed by atoms with van der Waals surface area (Å²) in [6.45, 7) is 4.83. The molecule has 0 rings (SSSR count). The molecule has 0 fully saturated rings. The van der Waals surface area contributed by atoms with Gasteiger partial charge in [-0.15, -0.1) is 0 Å². The summed E-state index contributed by atoms with van der Waals surface area (Å²) < 4.78 is 9.56. The van der Waals surface area contributed by atoms with Gasteiger partial charge < -0.3 is 19.1 Å². The Bertz CT molecular complexity index is 349. The second-order valence-electron chi connectivity index (χ2n) is 4.18. The number of carbonyl (C=O) groups excluding carboxylic acids is 4. The van der Waals surface area contributed by atoms with Crippen LogP contribution < -0.4 is 0 Å². The van der Waals surface area contributed by atoms with Gasteiger partial charge in [0.1, 0.15) is 17.5 Å². The van der Waals surface area contributed by atoms with Crippen molar-refractivity contribution in [2.24, 2.45) is 5.41 Å². The molecule has 0 amide bonds. The van der Waals surface area contributed by atoms with Gasteiger partial charge in [0.15, 0.2) is 0 Å². The summed E-state index contributed by atoms with van der Waals surface area (Å²) in [6, 6.07) is 0. The van der Waals surface area contributed by atoms with Crippen molar-refractivity contribution in [3.63, 3.8) is 0 Å². The number of hydrogen-bond acceptors (Lipinski definition) is 6. The van der Waals surface area contributed by atoms with E-state index < -0.39 is 23.8 Å². The van der Waals surface area contributed by atoms with E-state index in [9.17, 15) is 19.2 Å². The molecule has 0 aromatic rings. The van der Waals surface area contributed by atoms with Crippen LogP contribution in [0.25, 0.3) is 0 Å². The Morgan fingerprint density at radius 2 is 1.68 bits per heavy atom. The summed E-state index contributed by atoms with van der Waals surface area (Å²) in [7, 11) is 0. The van der Waals surface area contributed by atoms with Gasteiger partial charge in [-0.1, -0.05) is 0 Å². The van der Waals surface area contributed by atoms with Crippen molar-refractivity contribution in [1.29, 1.82) is 0 Å². The maximum absolute atomic E-state index is 11.9. The number of esters is 2. The monoisotopic (exact) mass is 272 g/mol. The molecule has 1 atom stereocenters. The fourth-order valence-corrected chi connectivity index (χ4v) is 1.55. The summed E-state index contributed by atoms with van der Waals surface area (Å²) in [5, 5.41) is 0. The van der Waals surface area contributed by atoms with E-state index in [2.05, 4.69) is 0 Å². The van der Waals surface area contributed by atoms with Crippen LogP contribution in [0.15, 0.2) is 0 Å². The van der Waals surface area contributed by atoms with E-state index in [1.54, 1.807) is 13.8 Å². The summed E-state index contributed by atoms with van der Waals surface area (Å²) in [5.41, 5.74) is -1.63. The van der Waals surface area contributed by atoms with Crippen LogP contribution in [0.4, 0.5) is 0 Å². The van der Waals surface area contributed by atoms with E-state index in [0.29, 0.717) is 6.29 Å². The third kappa shape index (κ3) is 5.63. The molecule has 19 heavy (non-hydrogen) atoms. The lowest BCUT2D eigenvalue weighted by Crippen LogP contribution is -2.38. The van der Waals surface area contributed by atoms with Crippen LogP contribution in [-0.2, 0) is 28.7 Å². The molecule has 0 spiro atoms. The third-order valence-corrected chi connectivity index (χ3v) is 2.60. The van der Waals surface area contributed by atoms with Crippen LogP contribution in [0, 0.1) is 5.41 Å². The van der Waals surface area contributed by atoms with Crippen molar-refractivity contribution in [3.8, 4) is 0 Å². The topological polar surface area (TPSA) is 86.7 Å². The van der Waals surface area contributed by atoms with Crippen LogP contribution in [0.1, 0.15) is 40.0 Å². The van der Waals surface area contributed by atoms with Crippen molar-refractivity contribution in [2.75, 3.05) is 13.2 Å². The molecule has 0 saturated heterocycles. The minimum atomic E-state index is -1.63. The van der Waals surface area contributed by atoms with Gasteiger partial charge >= 0.3 is 11.9 Å². The Labute approximate surface area is 112 Å². The predicted molar refractivity (Wildman–Crippen MR) is 66.3 cm³/mol. The molecule has 0 heterocycles. The summed E-state index contributed by atoms with van der Waals surface area (Å²) >= 11 is 0. The predicted octanol–water partition coefficient (Wildman–Crippen LogP) is 1.06. The summed E-state index contributed by atoms with van der Waals surface area (Å²) in [6.07, 6.45) is -0.0538. The second-order valence-corrected chi connectivity index (χ2v) is 4.18. The first-order valence-corrected chi connectivity index (χ1v) is 6.20. The lowest BCUT2D eigenvalue weighted by Gasteiger charge is -2.24. The number of Topliss-reactive ketones (excluding diaryl/α,β-unsaturated/α-hetero) is 1. The number of aldehydes is 1. The molecule has 0 aliphatic heterocycles. The molecule has 0 saturated carbocycles. The Morgan fingerprint density at radius 3 is 2.11 bits per heavy atom.